The normalized spacial score (nSPS) is 42.5. The number of carbonyl (C=O) groups excluding carboxylic acids is 1. The van der Waals surface area contributed by atoms with E-state index in [1.165, 1.54) is 6.92 Å². The van der Waals surface area contributed by atoms with Crippen LogP contribution in [0.5, 0.6) is 0 Å². The molecular weight excluding hydrogens is 580 g/mol. The number of rotatable bonds is 12. The van der Waals surface area contributed by atoms with Crippen LogP contribution in [0.4, 0.5) is 4.79 Å². The first-order valence-corrected chi connectivity index (χ1v) is 15.3. The number of nitrogens with one attached hydrogen (secondary N) is 3. The molecule has 4 rings (SSSR count). The monoisotopic (exact) mass is 632 g/mol. The number of nitrogens with zero attached hydrogens (tertiary/aromatic N) is 1. The van der Waals surface area contributed by atoms with Crippen molar-refractivity contribution in [3.8, 4) is 0 Å². The second-order valence-corrected chi connectivity index (χ2v) is 12.6. The van der Waals surface area contributed by atoms with Gasteiger partial charge in [0.05, 0.1) is 37.8 Å². The number of nitrogens with two attached hydrogens (primary N) is 4. The van der Waals surface area contributed by atoms with Gasteiger partial charge in [-0.25, -0.2) is 9.86 Å². The van der Waals surface area contributed by atoms with Crippen LogP contribution in [0.25, 0.3) is 0 Å². The van der Waals surface area contributed by atoms with E-state index in [1.54, 1.807) is 7.05 Å². The van der Waals surface area contributed by atoms with Gasteiger partial charge in [-0.1, -0.05) is 0 Å². The summed E-state index contributed by atoms with van der Waals surface area (Å²) >= 11 is 0. The average Bonchev–Trinajstić information content (AvgIpc) is 2.96. The van der Waals surface area contributed by atoms with E-state index in [0.29, 0.717) is 23.2 Å². The molecule has 0 aromatic carbocycles. The molecule has 2 heterocycles. The fourth-order valence-electron chi connectivity index (χ4n) is 6.42. The molecule has 4 aliphatic rings. The van der Waals surface area contributed by atoms with E-state index in [0.717, 1.165) is 19.4 Å². The van der Waals surface area contributed by atoms with Crippen LogP contribution in [-0.4, -0.2) is 144 Å². The van der Waals surface area contributed by atoms with Crippen LogP contribution in [-0.2, 0) is 18.9 Å². The number of aliphatic hydroxyl groups is 3. The standard InChI is InChI=1S/C27H52N8O9/c1-27(39)12-41-25(20(37)23(27)32-2)44-22-18(34-26(38)35(40)6-5-28)9-16(31)21(19(22)36)43-24-17(4-3-15(10-29)42-24)33-11-13-7-14(30)8-13/h3,13-14,16-25,32-33,36-37,39-40H,4-12,28-31H2,1-2H3,(H,34,38)/t13?,14?,16-,17+,18+,19-,20+,21?,22-,23+,24+,25+,27-/m0/s1. The molecule has 17 heteroatoms. The first-order chi connectivity index (χ1) is 20.9. The Morgan fingerprint density at radius 1 is 1.11 bits per heavy atom. The Balaban J connectivity index is 1.52. The number of ether oxygens (including phenoxy) is 4. The third kappa shape index (κ3) is 8.16. The number of aliphatic hydroxyl groups excluding tert-OH is 2. The highest BCUT2D eigenvalue weighted by atomic mass is 16.7. The highest BCUT2D eigenvalue weighted by Crippen LogP contribution is 2.32. The SMILES string of the molecule is CN[C@@H]1[C@@H](O)[C@@H](O[C@H]2[C@H](NC(=O)N(O)CCN)C[C@H](N)C(O[C@H]3OC(CN)=CC[C@H]3NCC3CC(N)C3)[C@@H]2O)OC[C@]1(C)O. The van der Waals surface area contributed by atoms with Gasteiger partial charge in [-0.2, -0.15) is 0 Å². The number of carbonyl (C=O) groups is 1. The summed E-state index contributed by atoms with van der Waals surface area (Å²) in [5.41, 5.74) is 22.4. The lowest BCUT2D eigenvalue weighted by atomic mass is 9.81. The number of likely N-dealkylation sites (N-methyl/N-ethyl adjacent to an activating group) is 1. The van der Waals surface area contributed by atoms with Crippen molar-refractivity contribution in [3.05, 3.63) is 11.8 Å². The Morgan fingerprint density at radius 2 is 1.82 bits per heavy atom. The van der Waals surface area contributed by atoms with E-state index in [9.17, 15) is 25.3 Å². The fourth-order valence-corrected chi connectivity index (χ4v) is 6.42. The van der Waals surface area contributed by atoms with Gasteiger partial charge in [0.25, 0.3) is 0 Å². The van der Waals surface area contributed by atoms with Gasteiger partial charge in [-0.3, -0.25) is 5.21 Å². The molecule has 0 aromatic rings. The third-order valence-corrected chi connectivity index (χ3v) is 8.96. The fraction of sp³-hybridized carbons (Fsp3) is 0.889. The predicted molar refractivity (Wildman–Crippen MR) is 157 cm³/mol. The molecule has 0 spiro atoms. The zero-order valence-electron chi connectivity index (χ0n) is 25.5. The van der Waals surface area contributed by atoms with E-state index in [4.69, 9.17) is 41.9 Å². The number of urea groups is 1. The molecule has 11 atom stereocenters. The lowest BCUT2D eigenvalue weighted by Gasteiger charge is -2.49. The first kappa shape index (κ1) is 35.1. The molecule has 0 aromatic heterocycles. The zero-order chi connectivity index (χ0) is 32.2. The summed E-state index contributed by atoms with van der Waals surface area (Å²) in [5.74, 6) is 0.993. The molecule has 254 valence electrons. The smallest absolute Gasteiger partial charge is 0.341 e. The molecule has 2 aliphatic heterocycles. The summed E-state index contributed by atoms with van der Waals surface area (Å²) in [7, 11) is 1.58. The Morgan fingerprint density at radius 3 is 2.45 bits per heavy atom. The Labute approximate surface area is 257 Å². The lowest BCUT2D eigenvalue weighted by molar-refractivity contribution is -0.304. The molecule has 3 fully saturated rings. The summed E-state index contributed by atoms with van der Waals surface area (Å²) in [6.07, 6.45) is -2.77. The molecule has 2 amide bonds. The van der Waals surface area contributed by atoms with Gasteiger partial charge in [-0.15, -0.1) is 0 Å². The number of hydrogen-bond acceptors (Lipinski definition) is 15. The van der Waals surface area contributed by atoms with Crippen LogP contribution in [0.2, 0.25) is 0 Å². The molecule has 0 radical (unpaired) electrons. The van der Waals surface area contributed by atoms with Gasteiger partial charge in [0.2, 0.25) is 6.29 Å². The van der Waals surface area contributed by atoms with Gasteiger partial charge >= 0.3 is 6.03 Å². The van der Waals surface area contributed by atoms with E-state index in [2.05, 4.69) is 16.0 Å². The van der Waals surface area contributed by atoms with E-state index >= 15 is 0 Å². The summed E-state index contributed by atoms with van der Waals surface area (Å²) in [5, 5.41) is 52.9. The molecule has 17 nitrogen and oxygen atoms in total. The predicted octanol–water partition coefficient (Wildman–Crippen LogP) is -4.08. The second-order valence-electron chi connectivity index (χ2n) is 12.6. The van der Waals surface area contributed by atoms with Crippen molar-refractivity contribution in [2.24, 2.45) is 28.9 Å². The average molecular weight is 633 g/mol. The van der Waals surface area contributed by atoms with Gasteiger partial charge in [0.15, 0.2) is 6.29 Å². The van der Waals surface area contributed by atoms with E-state index < -0.39 is 66.8 Å². The maximum absolute atomic E-state index is 12.7. The highest BCUT2D eigenvalue weighted by molar-refractivity contribution is 5.73. The molecule has 2 saturated carbocycles. The quantitative estimate of drug-likeness (QED) is 0.0721. The first-order valence-electron chi connectivity index (χ1n) is 15.3. The molecule has 0 bridgehead atoms. The van der Waals surface area contributed by atoms with E-state index in [-0.39, 0.29) is 44.7 Å². The minimum absolute atomic E-state index is 0.0172. The van der Waals surface area contributed by atoms with Crippen LogP contribution >= 0.6 is 0 Å². The van der Waals surface area contributed by atoms with Crippen molar-refractivity contribution in [2.75, 3.05) is 39.8 Å². The third-order valence-electron chi connectivity index (χ3n) is 8.96. The summed E-state index contributed by atoms with van der Waals surface area (Å²) in [6.45, 7) is 2.11. The van der Waals surface area contributed by atoms with Crippen LogP contribution in [0.3, 0.4) is 0 Å². The summed E-state index contributed by atoms with van der Waals surface area (Å²) in [6, 6.07) is -3.48. The van der Waals surface area contributed by atoms with Gasteiger partial charge in [0.1, 0.15) is 35.8 Å². The van der Waals surface area contributed by atoms with Crippen LogP contribution in [0, 0.1) is 5.92 Å². The topological polar surface area (TPSA) is 278 Å². The van der Waals surface area contributed by atoms with Gasteiger partial charge in [0, 0.05) is 18.6 Å². The van der Waals surface area contributed by atoms with Crippen LogP contribution in [0.15, 0.2) is 11.8 Å². The largest absolute Gasteiger partial charge is 0.467 e. The van der Waals surface area contributed by atoms with E-state index in [1.807, 2.05) is 6.08 Å². The van der Waals surface area contributed by atoms with Crippen LogP contribution < -0.4 is 38.9 Å². The van der Waals surface area contributed by atoms with Crippen molar-refractivity contribution in [1.82, 2.24) is 21.0 Å². The molecule has 1 saturated heterocycles. The molecule has 15 N–H and O–H groups in total. The highest BCUT2D eigenvalue weighted by Gasteiger charge is 2.52. The van der Waals surface area contributed by atoms with Crippen molar-refractivity contribution in [3.63, 3.8) is 0 Å². The van der Waals surface area contributed by atoms with Gasteiger partial charge in [-0.05, 0) is 58.2 Å². The Bertz CT molecular complexity index is 974. The minimum atomic E-state index is -1.45. The molecular formula is C27H52N8O9. The summed E-state index contributed by atoms with van der Waals surface area (Å²) in [4.78, 5) is 12.7. The Hall–Kier alpha value is -1.71. The lowest BCUT2D eigenvalue weighted by Crippen LogP contribution is -2.69. The van der Waals surface area contributed by atoms with Crippen molar-refractivity contribution in [1.29, 1.82) is 0 Å². The maximum atomic E-state index is 12.7. The molecule has 2 aliphatic carbocycles. The molecule has 1 unspecified atom stereocenters. The van der Waals surface area contributed by atoms with Gasteiger partial charge < -0.3 is 73.2 Å². The Kier molecular flexibility index (Phi) is 12.2. The zero-order valence-corrected chi connectivity index (χ0v) is 25.5. The second kappa shape index (κ2) is 15.3. The minimum Gasteiger partial charge on any atom is -0.467 e. The van der Waals surface area contributed by atoms with Crippen molar-refractivity contribution >= 4 is 6.03 Å². The number of hydroxylamine groups is 2. The maximum Gasteiger partial charge on any atom is 0.341 e. The summed E-state index contributed by atoms with van der Waals surface area (Å²) < 4.78 is 24.2. The number of amides is 2. The van der Waals surface area contributed by atoms with Crippen LogP contribution in [0.1, 0.15) is 32.6 Å². The molecule has 44 heavy (non-hydrogen) atoms. The van der Waals surface area contributed by atoms with Crippen molar-refractivity contribution in [2.45, 2.75) is 105 Å². The van der Waals surface area contributed by atoms with Crippen molar-refractivity contribution < 1.29 is 44.3 Å². The number of hydrogen-bond donors (Lipinski definition) is 11.